The number of benzene rings is 2. The number of H-pyrrole nitrogens is 1. The number of aliphatic imine (C=N–C) groups is 1. The lowest BCUT2D eigenvalue weighted by Gasteiger charge is -2.32. The molecule has 2 fully saturated rings. The van der Waals surface area contributed by atoms with E-state index in [1.807, 2.05) is 12.4 Å². The molecule has 3 aliphatic rings. The van der Waals surface area contributed by atoms with Gasteiger partial charge in [-0.15, -0.1) is 0 Å². The molecule has 2 heterocycles. The van der Waals surface area contributed by atoms with Crippen LogP contribution < -0.4 is 5.32 Å². The van der Waals surface area contributed by atoms with E-state index in [4.69, 9.17) is 9.98 Å². The Labute approximate surface area is 287 Å². The Hall–Kier alpha value is -3.80. The first-order chi connectivity index (χ1) is 22.3. The first kappa shape index (κ1) is 34.1. The van der Waals surface area contributed by atoms with Gasteiger partial charge in [0, 0.05) is 42.5 Å². The molecule has 0 spiro atoms. The van der Waals surface area contributed by atoms with Crippen molar-refractivity contribution >= 4 is 23.0 Å². The highest BCUT2D eigenvalue weighted by Gasteiger charge is 2.52. The number of carbonyl (C=O) groups is 2. The van der Waals surface area contributed by atoms with Crippen molar-refractivity contribution in [3.05, 3.63) is 72.3 Å². The average molecular weight is 647 g/mol. The maximum absolute atomic E-state index is 13.1. The van der Waals surface area contributed by atoms with E-state index in [0.717, 1.165) is 58.7 Å². The van der Waals surface area contributed by atoms with Gasteiger partial charge in [-0.25, -0.2) is 4.98 Å². The predicted molar refractivity (Wildman–Crippen MR) is 196 cm³/mol. The lowest BCUT2D eigenvalue weighted by Crippen LogP contribution is -2.49. The first-order valence-corrected chi connectivity index (χ1v) is 17.7. The second-order valence-corrected chi connectivity index (χ2v) is 18.2. The summed E-state index contributed by atoms with van der Waals surface area (Å²) in [7, 11) is 0. The quantitative estimate of drug-likeness (QED) is 0.230. The standard InChI is InChI=1S/C42H54N4O2/c1-39(2,3)30(20-35(47)31-21-41(31,7)8)37-44-24-34(45-37)28-17-15-26(16-18-28)25-11-13-27(14-12-25)29-19-33(43-23-29)36(40(4,5)6)46-38(48)32-22-42(32,9)10/h11-18,23-24,30-32,36H,19-22H2,1-10H3,(H,44,45)(H,46,48)/t30-,31?,32?,36-/m1/s1. The summed E-state index contributed by atoms with van der Waals surface area (Å²) in [6.45, 7) is 21.8. The highest BCUT2D eigenvalue weighted by Crippen LogP contribution is 2.54. The number of hydrogen-bond acceptors (Lipinski definition) is 4. The van der Waals surface area contributed by atoms with Crippen LogP contribution in [0, 0.1) is 33.5 Å². The second kappa shape index (κ2) is 12.0. The van der Waals surface area contributed by atoms with Gasteiger partial charge in [-0.05, 0) is 62.3 Å². The lowest BCUT2D eigenvalue weighted by molar-refractivity contribution is -0.124. The number of amides is 1. The zero-order valence-electron chi connectivity index (χ0n) is 30.6. The van der Waals surface area contributed by atoms with Gasteiger partial charge in [-0.1, -0.05) is 118 Å². The number of hydrogen-bond donors (Lipinski definition) is 2. The molecule has 2 aliphatic carbocycles. The Kier molecular flexibility index (Phi) is 8.49. The van der Waals surface area contributed by atoms with E-state index >= 15 is 0 Å². The second-order valence-electron chi connectivity index (χ2n) is 18.2. The summed E-state index contributed by atoms with van der Waals surface area (Å²) >= 11 is 0. The molecule has 2 unspecified atom stereocenters. The van der Waals surface area contributed by atoms with E-state index in [1.165, 1.54) is 5.57 Å². The number of nitrogens with one attached hydrogen (secondary N) is 2. The minimum Gasteiger partial charge on any atom is -0.347 e. The number of allylic oxidation sites excluding steroid dienone is 1. The number of aromatic nitrogens is 2. The van der Waals surface area contributed by atoms with Crippen LogP contribution in [-0.4, -0.2) is 33.4 Å². The molecular formula is C42H54N4O2. The monoisotopic (exact) mass is 646 g/mol. The van der Waals surface area contributed by atoms with Crippen molar-refractivity contribution < 1.29 is 9.59 Å². The first-order valence-electron chi connectivity index (χ1n) is 17.7. The molecule has 0 saturated heterocycles. The summed E-state index contributed by atoms with van der Waals surface area (Å²) in [5, 5.41) is 3.34. The molecule has 254 valence electrons. The summed E-state index contributed by atoms with van der Waals surface area (Å²) < 4.78 is 0. The van der Waals surface area contributed by atoms with Crippen LogP contribution in [0.25, 0.3) is 28.0 Å². The van der Waals surface area contributed by atoms with Crippen molar-refractivity contribution in [1.82, 2.24) is 15.3 Å². The molecule has 48 heavy (non-hydrogen) atoms. The van der Waals surface area contributed by atoms with E-state index in [0.29, 0.717) is 12.2 Å². The highest BCUT2D eigenvalue weighted by molar-refractivity contribution is 6.03. The molecule has 2 N–H and O–H groups in total. The average Bonchev–Trinajstić information content (AvgIpc) is 3.58. The molecule has 1 amide bonds. The smallest absolute Gasteiger partial charge is 0.224 e. The van der Waals surface area contributed by atoms with Crippen molar-refractivity contribution in [3.63, 3.8) is 0 Å². The molecule has 0 radical (unpaired) electrons. The van der Waals surface area contributed by atoms with Crippen LogP contribution in [0.5, 0.6) is 0 Å². The van der Waals surface area contributed by atoms with Gasteiger partial charge >= 0.3 is 0 Å². The fraction of sp³-hybridized carbons (Fsp3) is 0.524. The molecular weight excluding hydrogens is 592 g/mol. The van der Waals surface area contributed by atoms with Crippen molar-refractivity contribution in [2.45, 2.75) is 107 Å². The fourth-order valence-electron chi connectivity index (χ4n) is 7.31. The number of rotatable bonds is 10. The third-order valence-electron chi connectivity index (χ3n) is 11.1. The molecule has 1 aromatic heterocycles. The van der Waals surface area contributed by atoms with Gasteiger partial charge in [0.05, 0.1) is 17.9 Å². The highest BCUT2D eigenvalue weighted by atomic mass is 16.2. The zero-order chi connectivity index (χ0) is 34.8. The van der Waals surface area contributed by atoms with E-state index in [-0.39, 0.29) is 51.4 Å². The maximum atomic E-state index is 13.1. The van der Waals surface area contributed by atoms with E-state index in [2.05, 4.69) is 128 Å². The third kappa shape index (κ3) is 7.13. The minimum atomic E-state index is -0.134. The number of Topliss-reactive ketones (excluding diaryl/α,β-unsaturated/α-hetero) is 1. The summed E-state index contributed by atoms with van der Waals surface area (Å²) in [4.78, 5) is 39.2. The van der Waals surface area contributed by atoms with Gasteiger partial charge in [-0.2, -0.15) is 0 Å². The van der Waals surface area contributed by atoms with Crippen LogP contribution in [0.2, 0.25) is 0 Å². The summed E-state index contributed by atoms with van der Waals surface area (Å²) in [5.41, 5.74) is 7.71. The molecule has 0 bridgehead atoms. The fourth-order valence-corrected chi connectivity index (χ4v) is 7.31. The number of aromatic amines is 1. The molecule has 2 aromatic carbocycles. The maximum Gasteiger partial charge on any atom is 0.224 e. The van der Waals surface area contributed by atoms with Gasteiger partial charge in [0.2, 0.25) is 5.91 Å². The lowest BCUT2D eigenvalue weighted by atomic mass is 9.76. The van der Waals surface area contributed by atoms with Crippen LogP contribution in [-0.2, 0) is 9.59 Å². The van der Waals surface area contributed by atoms with Gasteiger partial charge < -0.3 is 10.3 Å². The van der Waals surface area contributed by atoms with Crippen LogP contribution in [0.4, 0.5) is 0 Å². The van der Waals surface area contributed by atoms with Crippen molar-refractivity contribution in [3.8, 4) is 22.4 Å². The van der Waals surface area contributed by atoms with Gasteiger partial charge in [0.25, 0.3) is 0 Å². The van der Waals surface area contributed by atoms with Crippen molar-refractivity contribution in [2.75, 3.05) is 0 Å². The topological polar surface area (TPSA) is 87.2 Å². The molecule has 6 rings (SSSR count). The Morgan fingerprint density at radius 3 is 1.83 bits per heavy atom. The van der Waals surface area contributed by atoms with Gasteiger partial charge in [-0.3, -0.25) is 14.6 Å². The van der Waals surface area contributed by atoms with E-state index < -0.39 is 0 Å². The van der Waals surface area contributed by atoms with Crippen molar-refractivity contribution in [2.24, 2.45) is 38.5 Å². The number of ketones is 1. The Balaban J connectivity index is 1.10. The number of nitrogens with zero attached hydrogens (tertiary/aromatic N) is 2. The van der Waals surface area contributed by atoms with Crippen LogP contribution >= 0.6 is 0 Å². The van der Waals surface area contributed by atoms with Gasteiger partial charge in [0.15, 0.2) is 0 Å². The number of imidazole rings is 1. The van der Waals surface area contributed by atoms with Crippen LogP contribution in [0.3, 0.4) is 0 Å². The molecule has 6 heteroatoms. The Bertz CT molecular complexity index is 1760. The van der Waals surface area contributed by atoms with E-state index in [9.17, 15) is 9.59 Å². The van der Waals surface area contributed by atoms with E-state index in [1.54, 1.807) is 0 Å². The summed E-state index contributed by atoms with van der Waals surface area (Å²) in [6, 6.07) is 17.1. The van der Waals surface area contributed by atoms with Crippen molar-refractivity contribution in [1.29, 1.82) is 0 Å². The SMILES string of the molecule is CC1(C)CC1C(=O)C[C@H](c1ncc(-c2ccc(-c3ccc(C4=CN=C([C@@H](NC(=O)C5CC5(C)C)C(C)(C)C)C4)cc3)cc2)[nH]1)C(C)(C)C. The molecule has 1 aliphatic heterocycles. The minimum absolute atomic E-state index is 0.0395. The Morgan fingerprint density at radius 1 is 0.812 bits per heavy atom. The zero-order valence-corrected chi connectivity index (χ0v) is 30.6. The molecule has 3 aromatic rings. The van der Waals surface area contributed by atoms with Gasteiger partial charge in [0.1, 0.15) is 11.6 Å². The number of carbonyl (C=O) groups excluding carboxylic acids is 2. The van der Waals surface area contributed by atoms with Crippen LogP contribution in [0.1, 0.15) is 112 Å². The summed E-state index contributed by atoms with van der Waals surface area (Å²) in [5.74, 6) is 1.72. The molecule has 6 nitrogen and oxygen atoms in total. The summed E-state index contributed by atoms with van der Waals surface area (Å²) in [6.07, 6.45) is 7.07. The largest absolute Gasteiger partial charge is 0.347 e. The third-order valence-corrected chi connectivity index (χ3v) is 11.1. The molecule has 4 atom stereocenters. The van der Waals surface area contributed by atoms with Crippen LogP contribution in [0.15, 0.2) is 65.9 Å². The Morgan fingerprint density at radius 2 is 1.33 bits per heavy atom. The molecule has 2 saturated carbocycles. The normalized spacial score (nSPS) is 22.4. The predicted octanol–water partition coefficient (Wildman–Crippen LogP) is 9.64.